The van der Waals surface area contributed by atoms with Gasteiger partial charge in [-0.1, -0.05) is 12.1 Å². The van der Waals surface area contributed by atoms with Gasteiger partial charge in [0, 0.05) is 50.6 Å². The molecule has 2 aromatic carbocycles. The molecule has 8 heteroatoms. The molecule has 0 bridgehead atoms. The van der Waals surface area contributed by atoms with Crippen molar-refractivity contribution in [2.45, 2.75) is 6.92 Å². The Morgan fingerprint density at radius 3 is 2.23 bits per heavy atom. The van der Waals surface area contributed by atoms with Crippen LogP contribution in [0.1, 0.15) is 12.5 Å². The molecule has 2 N–H and O–H groups in total. The third-order valence-corrected chi connectivity index (χ3v) is 5.20. The summed E-state index contributed by atoms with van der Waals surface area (Å²) < 4.78 is 5.11. The number of anilines is 2. The summed E-state index contributed by atoms with van der Waals surface area (Å²) in [4.78, 5) is 27.6. The Hall–Kier alpha value is -3.39. The zero-order valence-corrected chi connectivity index (χ0v) is 18.4. The van der Waals surface area contributed by atoms with Crippen LogP contribution in [-0.2, 0) is 9.59 Å². The highest BCUT2D eigenvalue weighted by Crippen LogP contribution is 2.19. The smallest absolute Gasteiger partial charge is 0.250 e. The molecule has 0 aliphatic carbocycles. The molecule has 0 aromatic heterocycles. The molecule has 1 fully saturated rings. The van der Waals surface area contributed by atoms with E-state index in [1.165, 1.54) is 6.08 Å². The van der Waals surface area contributed by atoms with Crippen molar-refractivity contribution in [3.8, 4) is 5.75 Å². The summed E-state index contributed by atoms with van der Waals surface area (Å²) in [6.07, 6.45) is 3.14. The lowest BCUT2D eigenvalue weighted by molar-refractivity contribution is -0.129. The molecule has 3 rings (SSSR count). The van der Waals surface area contributed by atoms with Gasteiger partial charge < -0.3 is 19.9 Å². The van der Waals surface area contributed by atoms with Crippen LogP contribution in [0, 0.1) is 0 Å². The van der Waals surface area contributed by atoms with Crippen LogP contribution in [-0.4, -0.2) is 55.1 Å². The second-order valence-corrected chi connectivity index (χ2v) is 7.50. The number of rotatable bonds is 5. The first-order valence-corrected chi connectivity index (χ1v) is 10.4. The van der Waals surface area contributed by atoms with E-state index in [2.05, 4.69) is 15.5 Å². The van der Waals surface area contributed by atoms with E-state index in [0.29, 0.717) is 0 Å². The Kier molecular flexibility index (Phi) is 7.61. The highest BCUT2D eigenvalue weighted by Gasteiger charge is 2.18. The van der Waals surface area contributed by atoms with Gasteiger partial charge in [0.25, 0.3) is 0 Å². The number of piperazine rings is 1. The van der Waals surface area contributed by atoms with Gasteiger partial charge >= 0.3 is 0 Å². The van der Waals surface area contributed by atoms with Crippen molar-refractivity contribution in [2.75, 3.05) is 43.5 Å². The third kappa shape index (κ3) is 6.55. The first-order valence-electron chi connectivity index (χ1n) is 9.99. The van der Waals surface area contributed by atoms with Crippen molar-refractivity contribution in [1.82, 2.24) is 10.2 Å². The molecule has 2 aromatic rings. The molecule has 1 heterocycles. The van der Waals surface area contributed by atoms with Crippen molar-refractivity contribution < 1.29 is 14.3 Å². The van der Waals surface area contributed by atoms with Gasteiger partial charge in [-0.15, -0.1) is 0 Å². The molecule has 7 nitrogen and oxygen atoms in total. The normalized spacial score (nSPS) is 13.7. The second kappa shape index (κ2) is 10.6. The lowest BCUT2D eigenvalue weighted by atomic mass is 10.2. The van der Waals surface area contributed by atoms with Crippen molar-refractivity contribution in [1.29, 1.82) is 0 Å². The number of thiocarbonyl (C=S) groups is 1. The Balaban J connectivity index is 1.47. The van der Waals surface area contributed by atoms with Crippen LogP contribution in [0.4, 0.5) is 11.4 Å². The van der Waals surface area contributed by atoms with E-state index >= 15 is 0 Å². The summed E-state index contributed by atoms with van der Waals surface area (Å²) in [5.41, 5.74) is 2.76. The molecule has 0 spiro atoms. The third-order valence-electron chi connectivity index (χ3n) is 5.00. The number of amides is 2. The average Bonchev–Trinajstić information content (AvgIpc) is 2.78. The van der Waals surface area contributed by atoms with Crippen LogP contribution in [0.3, 0.4) is 0 Å². The van der Waals surface area contributed by atoms with E-state index in [-0.39, 0.29) is 16.9 Å². The van der Waals surface area contributed by atoms with Crippen LogP contribution >= 0.6 is 12.2 Å². The molecule has 0 saturated carbocycles. The number of hydrogen-bond acceptors (Lipinski definition) is 5. The summed E-state index contributed by atoms with van der Waals surface area (Å²) in [5.74, 6) is 0.568. The SMILES string of the molecule is COc1ccc(C=CC(=O)NC(=S)Nc2ccc(N3CCN(C(C)=O)CC3)cc2)cc1. The molecule has 0 atom stereocenters. The minimum atomic E-state index is -0.312. The standard InChI is InChI=1S/C23H26N4O3S/c1-17(28)26-13-15-27(16-14-26)20-8-6-19(7-9-20)24-23(31)25-22(29)12-5-18-3-10-21(30-2)11-4-18/h3-12H,13-16H2,1-2H3,(H2,24,25,29,31). The van der Waals surface area contributed by atoms with Gasteiger partial charge in [-0.2, -0.15) is 0 Å². The van der Waals surface area contributed by atoms with Gasteiger partial charge in [-0.25, -0.2) is 0 Å². The number of methoxy groups -OCH3 is 1. The lowest BCUT2D eigenvalue weighted by Crippen LogP contribution is -2.48. The summed E-state index contributed by atoms with van der Waals surface area (Å²) >= 11 is 5.23. The first kappa shape index (κ1) is 22.3. The van der Waals surface area contributed by atoms with E-state index in [1.807, 2.05) is 53.4 Å². The molecular formula is C23H26N4O3S. The fourth-order valence-corrected chi connectivity index (χ4v) is 3.46. The fourth-order valence-electron chi connectivity index (χ4n) is 3.24. The lowest BCUT2D eigenvalue weighted by Gasteiger charge is -2.35. The topological polar surface area (TPSA) is 73.9 Å². The maximum atomic E-state index is 12.1. The summed E-state index contributed by atoms with van der Waals surface area (Å²) in [6.45, 7) is 4.68. The Morgan fingerprint density at radius 2 is 1.65 bits per heavy atom. The van der Waals surface area contributed by atoms with Crippen LogP contribution in [0.15, 0.2) is 54.6 Å². The number of hydrogen-bond donors (Lipinski definition) is 2. The minimum absolute atomic E-state index is 0.119. The van der Waals surface area contributed by atoms with Crippen LogP contribution in [0.25, 0.3) is 6.08 Å². The highest BCUT2D eigenvalue weighted by molar-refractivity contribution is 7.80. The van der Waals surface area contributed by atoms with E-state index < -0.39 is 0 Å². The predicted octanol–water partition coefficient (Wildman–Crippen LogP) is 2.89. The monoisotopic (exact) mass is 438 g/mol. The van der Waals surface area contributed by atoms with Crippen LogP contribution in [0.2, 0.25) is 0 Å². The van der Waals surface area contributed by atoms with E-state index in [9.17, 15) is 9.59 Å². The zero-order chi connectivity index (χ0) is 22.2. The summed E-state index contributed by atoms with van der Waals surface area (Å²) in [6, 6.07) is 15.2. The van der Waals surface area contributed by atoms with Gasteiger partial charge in [-0.3, -0.25) is 14.9 Å². The van der Waals surface area contributed by atoms with Gasteiger partial charge in [0.05, 0.1) is 7.11 Å². The Labute approximate surface area is 187 Å². The Bertz CT molecular complexity index is 950. The second-order valence-electron chi connectivity index (χ2n) is 7.09. The Morgan fingerprint density at radius 1 is 1.00 bits per heavy atom. The maximum Gasteiger partial charge on any atom is 0.250 e. The molecule has 1 aliphatic rings. The largest absolute Gasteiger partial charge is 0.497 e. The van der Waals surface area contributed by atoms with E-state index in [0.717, 1.165) is 48.9 Å². The van der Waals surface area contributed by atoms with Crippen molar-refractivity contribution in [3.63, 3.8) is 0 Å². The van der Waals surface area contributed by atoms with Crippen molar-refractivity contribution in [2.24, 2.45) is 0 Å². The summed E-state index contributed by atoms with van der Waals surface area (Å²) in [5, 5.41) is 5.88. The van der Waals surface area contributed by atoms with Gasteiger partial charge in [0.1, 0.15) is 5.75 Å². The zero-order valence-electron chi connectivity index (χ0n) is 17.6. The molecule has 2 amide bonds. The molecular weight excluding hydrogens is 412 g/mol. The van der Waals surface area contributed by atoms with Gasteiger partial charge in [-0.05, 0) is 60.3 Å². The first-order chi connectivity index (χ1) is 14.9. The van der Waals surface area contributed by atoms with Crippen LogP contribution in [0.5, 0.6) is 5.75 Å². The van der Waals surface area contributed by atoms with Gasteiger partial charge in [0.2, 0.25) is 11.8 Å². The molecule has 0 unspecified atom stereocenters. The van der Waals surface area contributed by atoms with Crippen molar-refractivity contribution in [3.05, 3.63) is 60.2 Å². The minimum Gasteiger partial charge on any atom is -0.497 e. The molecule has 1 saturated heterocycles. The molecule has 0 radical (unpaired) electrons. The molecule has 162 valence electrons. The number of ether oxygens (including phenoxy) is 1. The highest BCUT2D eigenvalue weighted by atomic mass is 32.1. The number of nitrogens with one attached hydrogen (secondary N) is 2. The van der Waals surface area contributed by atoms with Crippen LogP contribution < -0.4 is 20.3 Å². The number of carbonyl (C=O) groups excluding carboxylic acids is 2. The fraction of sp³-hybridized carbons (Fsp3) is 0.261. The quantitative estimate of drug-likeness (QED) is 0.552. The summed E-state index contributed by atoms with van der Waals surface area (Å²) in [7, 11) is 1.61. The number of benzene rings is 2. The number of carbonyl (C=O) groups is 2. The van der Waals surface area contributed by atoms with E-state index in [4.69, 9.17) is 17.0 Å². The molecule has 1 aliphatic heterocycles. The maximum absolute atomic E-state index is 12.1. The molecule has 31 heavy (non-hydrogen) atoms. The van der Waals surface area contributed by atoms with Gasteiger partial charge in [0.15, 0.2) is 5.11 Å². The van der Waals surface area contributed by atoms with E-state index in [1.54, 1.807) is 20.1 Å². The average molecular weight is 439 g/mol. The predicted molar refractivity (Wildman–Crippen MR) is 127 cm³/mol. The number of nitrogens with zero attached hydrogens (tertiary/aromatic N) is 2. The van der Waals surface area contributed by atoms with Crippen molar-refractivity contribution >= 4 is 46.6 Å².